The second-order valence-corrected chi connectivity index (χ2v) is 5.43. The molecule has 2 N–H and O–H groups in total. The van der Waals surface area contributed by atoms with E-state index in [1.54, 1.807) is 40.0 Å². The first kappa shape index (κ1) is 17.7. The lowest BCUT2D eigenvalue weighted by molar-refractivity contribution is 0.0364. The zero-order valence-corrected chi connectivity index (χ0v) is 14.1. The van der Waals surface area contributed by atoms with E-state index in [0.717, 1.165) is 5.56 Å². The molecule has 0 bridgehead atoms. The van der Waals surface area contributed by atoms with E-state index in [9.17, 15) is 14.0 Å². The van der Waals surface area contributed by atoms with Crippen molar-refractivity contribution in [3.05, 3.63) is 57.3 Å². The molecule has 7 heteroatoms. The lowest BCUT2D eigenvalue weighted by Crippen LogP contribution is -2.29. The van der Waals surface area contributed by atoms with E-state index < -0.39 is 11.7 Å². The minimum absolute atomic E-state index is 0.183. The van der Waals surface area contributed by atoms with E-state index in [0.29, 0.717) is 12.2 Å². The number of benzene rings is 1. The molecule has 128 valence electrons. The summed E-state index contributed by atoms with van der Waals surface area (Å²) in [6.07, 6.45) is 1.39. The van der Waals surface area contributed by atoms with Gasteiger partial charge in [0.25, 0.3) is 11.5 Å². The summed E-state index contributed by atoms with van der Waals surface area (Å²) in [4.78, 5) is 29.4. The van der Waals surface area contributed by atoms with Gasteiger partial charge in [-0.25, -0.2) is 9.87 Å². The number of carbonyl (C=O) groups excluding carboxylic acids is 1. The standard InChI is InChI=1S/C17H20FN3O3/c1-5-24-20-16(22)12-9-21(4)17(23)11(3)15(12)19-14-7-6-10(2)8-13(14)18/h6-9,19H,5H2,1-4H3,(H,20,22). The molecule has 0 spiro atoms. The first-order valence-corrected chi connectivity index (χ1v) is 7.50. The Morgan fingerprint density at radius 3 is 2.67 bits per heavy atom. The Bertz CT molecular complexity index is 831. The van der Waals surface area contributed by atoms with E-state index in [4.69, 9.17) is 4.84 Å². The van der Waals surface area contributed by atoms with Crippen LogP contribution < -0.4 is 16.4 Å². The van der Waals surface area contributed by atoms with Crippen LogP contribution in [0.4, 0.5) is 15.8 Å². The Balaban J connectivity index is 2.52. The summed E-state index contributed by atoms with van der Waals surface area (Å²) in [5, 5.41) is 2.86. The van der Waals surface area contributed by atoms with Gasteiger partial charge in [0.05, 0.1) is 23.5 Å². The molecule has 0 unspecified atom stereocenters. The second-order valence-electron chi connectivity index (χ2n) is 5.43. The van der Waals surface area contributed by atoms with Gasteiger partial charge >= 0.3 is 0 Å². The summed E-state index contributed by atoms with van der Waals surface area (Å²) >= 11 is 0. The molecule has 6 nitrogen and oxygen atoms in total. The molecule has 0 fully saturated rings. The van der Waals surface area contributed by atoms with Gasteiger partial charge in [-0.3, -0.25) is 14.4 Å². The molecule has 1 aromatic carbocycles. The Kier molecular flexibility index (Phi) is 5.35. The molecule has 0 atom stereocenters. The molecule has 24 heavy (non-hydrogen) atoms. The molecule has 2 rings (SSSR count). The van der Waals surface area contributed by atoms with Crippen LogP contribution in [0.2, 0.25) is 0 Å². The van der Waals surface area contributed by atoms with Crippen molar-refractivity contribution in [3.8, 4) is 0 Å². The predicted molar refractivity (Wildman–Crippen MR) is 89.9 cm³/mol. The molecule has 0 radical (unpaired) electrons. The smallest absolute Gasteiger partial charge is 0.278 e. The second kappa shape index (κ2) is 7.27. The number of pyridine rings is 1. The van der Waals surface area contributed by atoms with Crippen LogP contribution in [0.5, 0.6) is 0 Å². The highest BCUT2D eigenvalue weighted by molar-refractivity contribution is 6.00. The average molecular weight is 333 g/mol. The summed E-state index contributed by atoms with van der Waals surface area (Å²) in [6.45, 7) is 5.38. The van der Waals surface area contributed by atoms with Gasteiger partial charge < -0.3 is 9.88 Å². The lowest BCUT2D eigenvalue weighted by Gasteiger charge is -2.16. The van der Waals surface area contributed by atoms with Crippen molar-refractivity contribution in [2.45, 2.75) is 20.8 Å². The van der Waals surface area contributed by atoms with Crippen molar-refractivity contribution >= 4 is 17.3 Å². The van der Waals surface area contributed by atoms with Crippen LogP contribution in [-0.4, -0.2) is 17.1 Å². The number of hydrogen-bond donors (Lipinski definition) is 2. The fourth-order valence-electron chi connectivity index (χ4n) is 2.27. The average Bonchev–Trinajstić information content (AvgIpc) is 2.54. The first-order chi connectivity index (χ1) is 11.3. The highest BCUT2D eigenvalue weighted by atomic mass is 19.1. The zero-order valence-electron chi connectivity index (χ0n) is 14.1. The number of halogens is 1. The van der Waals surface area contributed by atoms with Crippen LogP contribution in [0.25, 0.3) is 0 Å². The van der Waals surface area contributed by atoms with Crippen molar-refractivity contribution < 1.29 is 14.0 Å². The fraction of sp³-hybridized carbons (Fsp3) is 0.294. The Morgan fingerprint density at radius 1 is 1.33 bits per heavy atom. The number of carbonyl (C=O) groups is 1. The molecule has 0 aliphatic carbocycles. The van der Waals surface area contributed by atoms with Gasteiger partial charge in [-0.15, -0.1) is 0 Å². The van der Waals surface area contributed by atoms with Crippen molar-refractivity contribution in [3.63, 3.8) is 0 Å². The number of hydrogen-bond acceptors (Lipinski definition) is 4. The van der Waals surface area contributed by atoms with Crippen LogP contribution in [-0.2, 0) is 11.9 Å². The zero-order chi connectivity index (χ0) is 17.9. The maximum Gasteiger partial charge on any atom is 0.278 e. The number of anilines is 2. The van der Waals surface area contributed by atoms with Crippen LogP contribution in [0.1, 0.15) is 28.4 Å². The summed E-state index contributed by atoms with van der Waals surface area (Å²) in [6, 6.07) is 4.67. The van der Waals surface area contributed by atoms with E-state index in [-0.39, 0.29) is 22.5 Å². The predicted octanol–water partition coefficient (Wildman–Crippen LogP) is 2.57. The van der Waals surface area contributed by atoms with Gasteiger partial charge in [0.2, 0.25) is 0 Å². The Morgan fingerprint density at radius 2 is 2.04 bits per heavy atom. The molecule has 0 saturated heterocycles. The van der Waals surface area contributed by atoms with Gasteiger partial charge in [0.1, 0.15) is 5.82 Å². The van der Waals surface area contributed by atoms with E-state index in [1.807, 2.05) is 0 Å². The maximum absolute atomic E-state index is 14.1. The fourth-order valence-corrected chi connectivity index (χ4v) is 2.27. The number of aryl methyl sites for hydroxylation is 2. The molecular formula is C17H20FN3O3. The van der Waals surface area contributed by atoms with Gasteiger partial charge in [0.15, 0.2) is 0 Å². The third kappa shape index (κ3) is 3.62. The van der Waals surface area contributed by atoms with Crippen molar-refractivity contribution in [1.29, 1.82) is 0 Å². The summed E-state index contributed by atoms with van der Waals surface area (Å²) in [5.74, 6) is -0.989. The topological polar surface area (TPSA) is 72.4 Å². The normalized spacial score (nSPS) is 10.5. The highest BCUT2D eigenvalue weighted by Gasteiger charge is 2.18. The molecule has 0 aliphatic heterocycles. The summed E-state index contributed by atoms with van der Waals surface area (Å²) in [7, 11) is 1.54. The van der Waals surface area contributed by atoms with Gasteiger partial charge in [-0.1, -0.05) is 6.07 Å². The van der Waals surface area contributed by atoms with Crippen molar-refractivity contribution in [2.75, 3.05) is 11.9 Å². The van der Waals surface area contributed by atoms with E-state index >= 15 is 0 Å². The number of rotatable bonds is 5. The molecule has 1 aromatic heterocycles. The van der Waals surface area contributed by atoms with Gasteiger partial charge in [-0.2, -0.15) is 0 Å². The monoisotopic (exact) mass is 333 g/mol. The van der Waals surface area contributed by atoms with Crippen LogP contribution in [0.3, 0.4) is 0 Å². The van der Waals surface area contributed by atoms with Crippen LogP contribution >= 0.6 is 0 Å². The van der Waals surface area contributed by atoms with E-state index in [2.05, 4.69) is 10.8 Å². The third-order valence-electron chi connectivity index (χ3n) is 3.55. The molecule has 2 aromatic rings. The quantitative estimate of drug-likeness (QED) is 0.825. The molecule has 1 amide bonds. The number of nitrogens with one attached hydrogen (secondary N) is 2. The summed E-state index contributed by atoms with van der Waals surface area (Å²) < 4.78 is 15.4. The van der Waals surface area contributed by atoms with Crippen LogP contribution in [0, 0.1) is 19.7 Å². The largest absolute Gasteiger partial charge is 0.352 e. The number of nitrogens with zero attached hydrogens (tertiary/aromatic N) is 1. The minimum Gasteiger partial charge on any atom is -0.352 e. The highest BCUT2D eigenvalue weighted by Crippen LogP contribution is 2.25. The van der Waals surface area contributed by atoms with Gasteiger partial charge in [-0.05, 0) is 38.5 Å². The van der Waals surface area contributed by atoms with Crippen molar-refractivity contribution in [2.24, 2.45) is 7.05 Å². The summed E-state index contributed by atoms with van der Waals surface area (Å²) in [5.41, 5.74) is 3.70. The third-order valence-corrected chi connectivity index (χ3v) is 3.55. The minimum atomic E-state index is -0.523. The van der Waals surface area contributed by atoms with E-state index in [1.165, 1.54) is 16.8 Å². The number of amides is 1. The number of aromatic nitrogens is 1. The van der Waals surface area contributed by atoms with Crippen molar-refractivity contribution in [1.82, 2.24) is 10.0 Å². The Hall–Kier alpha value is -2.67. The number of hydroxylamine groups is 1. The molecular weight excluding hydrogens is 313 g/mol. The first-order valence-electron chi connectivity index (χ1n) is 7.50. The lowest BCUT2D eigenvalue weighted by atomic mass is 10.1. The maximum atomic E-state index is 14.1. The van der Waals surface area contributed by atoms with Crippen LogP contribution in [0.15, 0.2) is 29.2 Å². The van der Waals surface area contributed by atoms with Gasteiger partial charge in [0, 0.05) is 18.8 Å². The molecule has 0 aliphatic rings. The molecule has 0 saturated carbocycles. The Labute approximate surface area is 139 Å². The molecule has 1 heterocycles. The SMILES string of the molecule is CCONC(=O)c1cn(C)c(=O)c(C)c1Nc1ccc(C)cc1F.